The van der Waals surface area contributed by atoms with Crippen molar-refractivity contribution in [2.75, 3.05) is 6.61 Å². The molecule has 0 radical (unpaired) electrons. The second-order valence-corrected chi connectivity index (χ2v) is 9.21. The third-order valence-electron chi connectivity index (χ3n) is 6.24. The lowest BCUT2D eigenvalue weighted by atomic mass is 10.0. The molecule has 32 heavy (non-hydrogen) atoms. The highest BCUT2D eigenvalue weighted by atomic mass is 16.5. The number of nitrogens with zero attached hydrogens (tertiary/aromatic N) is 2. The van der Waals surface area contributed by atoms with E-state index in [0.29, 0.717) is 0 Å². The molecule has 0 bridgehead atoms. The van der Waals surface area contributed by atoms with Gasteiger partial charge in [-0.05, 0) is 30.7 Å². The maximum atomic E-state index is 5.91. The van der Waals surface area contributed by atoms with Gasteiger partial charge in [-0.3, -0.25) is 4.98 Å². The van der Waals surface area contributed by atoms with Gasteiger partial charge in [-0.15, -0.1) is 0 Å². The summed E-state index contributed by atoms with van der Waals surface area (Å²) in [5, 5.41) is 0. The SMILES string of the molecule is CCCCCCCCCCCCCCCCCCOc1ccc(C[n+]2ccncc2)cc1. The van der Waals surface area contributed by atoms with E-state index in [4.69, 9.17) is 4.74 Å². The molecule has 0 saturated heterocycles. The van der Waals surface area contributed by atoms with Crippen LogP contribution < -0.4 is 9.30 Å². The molecule has 0 spiro atoms. The van der Waals surface area contributed by atoms with Gasteiger partial charge in [0.1, 0.15) is 5.75 Å². The van der Waals surface area contributed by atoms with Crippen molar-refractivity contribution in [3.05, 3.63) is 54.6 Å². The van der Waals surface area contributed by atoms with E-state index in [0.717, 1.165) is 25.3 Å². The Morgan fingerprint density at radius 2 is 1.09 bits per heavy atom. The highest BCUT2D eigenvalue weighted by molar-refractivity contribution is 5.26. The molecule has 1 heterocycles. The van der Waals surface area contributed by atoms with E-state index in [2.05, 4.69) is 40.7 Å². The Balaban J connectivity index is 1.34. The largest absolute Gasteiger partial charge is 0.494 e. The first-order valence-electron chi connectivity index (χ1n) is 13.4. The number of rotatable bonds is 20. The Kier molecular flexibility index (Phi) is 15.4. The third kappa shape index (κ3) is 13.5. The van der Waals surface area contributed by atoms with Gasteiger partial charge in [0.2, 0.25) is 0 Å². The summed E-state index contributed by atoms with van der Waals surface area (Å²) < 4.78 is 8.04. The zero-order chi connectivity index (χ0) is 22.5. The predicted octanol–water partition coefficient (Wildman–Crippen LogP) is 8.06. The topological polar surface area (TPSA) is 26.0 Å². The smallest absolute Gasteiger partial charge is 0.187 e. The van der Waals surface area contributed by atoms with Crippen LogP contribution >= 0.6 is 0 Å². The average molecular weight is 440 g/mol. The van der Waals surface area contributed by atoms with Gasteiger partial charge >= 0.3 is 0 Å². The normalized spacial score (nSPS) is 11.0. The zero-order valence-corrected chi connectivity index (χ0v) is 20.6. The van der Waals surface area contributed by atoms with Crippen LogP contribution in [0.15, 0.2) is 49.1 Å². The number of unbranched alkanes of at least 4 members (excludes halogenated alkanes) is 15. The lowest BCUT2D eigenvalue weighted by Crippen LogP contribution is -2.33. The average Bonchev–Trinajstić information content (AvgIpc) is 2.83. The van der Waals surface area contributed by atoms with Crippen LogP contribution in [0.1, 0.15) is 115 Å². The molecule has 2 aromatic rings. The quantitative estimate of drug-likeness (QED) is 0.154. The molecule has 0 aliphatic rings. The van der Waals surface area contributed by atoms with E-state index in [1.807, 2.05) is 24.8 Å². The van der Waals surface area contributed by atoms with Crippen molar-refractivity contribution < 1.29 is 9.30 Å². The fourth-order valence-electron chi connectivity index (χ4n) is 4.20. The highest BCUT2D eigenvalue weighted by Gasteiger charge is 2.02. The van der Waals surface area contributed by atoms with Gasteiger partial charge in [0.05, 0.1) is 19.0 Å². The molecule has 0 aliphatic heterocycles. The van der Waals surface area contributed by atoms with Crippen molar-refractivity contribution in [1.29, 1.82) is 0 Å². The molecule has 0 N–H and O–H groups in total. The van der Waals surface area contributed by atoms with Crippen LogP contribution in [0.3, 0.4) is 0 Å². The van der Waals surface area contributed by atoms with Gasteiger partial charge in [-0.2, -0.15) is 4.57 Å². The second-order valence-electron chi connectivity index (χ2n) is 9.21. The van der Waals surface area contributed by atoms with Crippen molar-refractivity contribution in [3.63, 3.8) is 0 Å². The second kappa shape index (κ2) is 18.7. The molecule has 0 unspecified atom stereocenters. The summed E-state index contributed by atoms with van der Waals surface area (Å²) >= 11 is 0. The first-order chi connectivity index (χ1) is 15.9. The number of aromatic nitrogens is 2. The standard InChI is InChI=1S/C29H47N2O/c1-2-3-4-5-6-7-8-9-10-11-12-13-14-15-16-17-26-32-29-20-18-28(19-21-29)27-31-24-22-30-23-25-31/h18-25H,2-17,26-27H2,1H3/q+1. The molecule has 1 aromatic carbocycles. The van der Waals surface area contributed by atoms with Gasteiger partial charge in [-0.1, -0.05) is 103 Å². The van der Waals surface area contributed by atoms with Crippen LogP contribution in [0.2, 0.25) is 0 Å². The van der Waals surface area contributed by atoms with E-state index in [1.54, 1.807) is 0 Å². The molecule has 3 heteroatoms. The van der Waals surface area contributed by atoms with E-state index in [-0.39, 0.29) is 0 Å². The Hall–Kier alpha value is -1.90. The minimum Gasteiger partial charge on any atom is -0.494 e. The molecule has 178 valence electrons. The van der Waals surface area contributed by atoms with Crippen molar-refractivity contribution in [1.82, 2.24) is 4.98 Å². The van der Waals surface area contributed by atoms with Gasteiger partial charge in [0, 0.05) is 5.56 Å². The molecule has 2 rings (SSSR count). The number of benzene rings is 1. The molecule has 0 aliphatic carbocycles. The van der Waals surface area contributed by atoms with Gasteiger partial charge in [0.25, 0.3) is 0 Å². The molecule has 3 nitrogen and oxygen atoms in total. The van der Waals surface area contributed by atoms with Crippen LogP contribution in [0.25, 0.3) is 0 Å². The highest BCUT2D eigenvalue weighted by Crippen LogP contribution is 2.15. The first-order valence-corrected chi connectivity index (χ1v) is 13.4. The number of ether oxygens (including phenoxy) is 1. The van der Waals surface area contributed by atoms with Crippen LogP contribution in [-0.4, -0.2) is 11.6 Å². The van der Waals surface area contributed by atoms with E-state index in [1.165, 1.54) is 102 Å². The van der Waals surface area contributed by atoms with Crippen molar-refractivity contribution in [2.45, 2.75) is 116 Å². The summed E-state index contributed by atoms with van der Waals surface area (Å²) in [6.07, 6.45) is 30.0. The molecule has 0 fully saturated rings. The Bertz CT molecular complexity index is 657. The first kappa shape index (κ1) is 26.4. The maximum Gasteiger partial charge on any atom is 0.187 e. The molecular formula is C29H47N2O+. The molecular weight excluding hydrogens is 392 g/mol. The summed E-state index contributed by atoms with van der Waals surface area (Å²) in [7, 11) is 0. The Morgan fingerprint density at radius 3 is 1.59 bits per heavy atom. The molecule has 0 saturated carbocycles. The van der Waals surface area contributed by atoms with Crippen molar-refractivity contribution >= 4 is 0 Å². The molecule has 0 atom stereocenters. The summed E-state index contributed by atoms with van der Waals surface area (Å²) in [6, 6.07) is 8.47. The minimum absolute atomic E-state index is 0.830. The van der Waals surface area contributed by atoms with Crippen LogP contribution in [0, 0.1) is 0 Å². The van der Waals surface area contributed by atoms with Gasteiger partial charge in [0.15, 0.2) is 18.9 Å². The summed E-state index contributed by atoms with van der Waals surface area (Å²) in [5.41, 5.74) is 1.27. The lowest BCUT2D eigenvalue weighted by molar-refractivity contribution is -0.688. The van der Waals surface area contributed by atoms with Crippen molar-refractivity contribution in [3.8, 4) is 5.75 Å². The maximum absolute atomic E-state index is 5.91. The van der Waals surface area contributed by atoms with Crippen LogP contribution in [0.5, 0.6) is 5.75 Å². The van der Waals surface area contributed by atoms with Gasteiger partial charge < -0.3 is 4.74 Å². The number of hydrogen-bond donors (Lipinski definition) is 0. The summed E-state index contributed by atoms with van der Waals surface area (Å²) in [4.78, 5) is 4.05. The van der Waals surface area contributed by atoms with E-state index >= 15 is 0 Å². The van der Waals surface area contributed by atoms with Crippen molar-refractivity contribution in [2.24, 2.45) is 0 Å². The Labute approximate surface area is 197 Å². The van der Waals surface area contributed by atoms with Crippen LogP contribution in [0.4, 0.5) is 0 Å². The lowest BCUT2D eigenvalue weighted by Gasteiger charge is -2.07. The fourth-order valence-corrected chi connectivity index (χ4v) is 4.20. The Morgan fingerprint density at radius 1 is 0.625 bits per heavy atom. The van der Waals surface area contributed by atoms with Crippen LogP contribution in [-0.2, 0) is 6.54 Å². The molecule has 1 aromatic heterocycles. The zero-order valence-electron chi connectivity index (χ0n) is 20.6. The fraction of sp³-hybridized carbons (Fsp3) is 0.655. The van der Waals surface area contributed by atoms with E-state index < -0.39 is 0 Å². The van der Waals surface area contributed by atoms with E-state index in [9.17, 15) is 0 Å². The summed E-state index contributed by atoms with van der Waals surface area (Å²) in [5.74, 6) is 0.981. The minimum atomic E-state index is 0.830. The predicted molar refractivity (Wildman–Crippen MR) is 135 cm³/mol. The molecule has 0 amide bonds. The summed E-state index contributed by atoms with van der Waals surface area (Å²) in [6.45, 7) is 3.99. The third-order valence-corrected chi connectivity index (χ3v) is 6.24. The monoisotopic (exact) mass is 439 g/mol. The van der Waals surface area contributed by atoms with Gasteiger partial charge in [-0.25, -0.2) is 0 Å². The number of hydrogen-bond acceptors (Lipinski definition) is 2.